The summed E-state index contributed by atoms with van der Waals surface area (Å²) in [5, 5.41) is 0. The molecule has 0 atom stereocenters. The second-order valence-electron chi connectivity index (χ2n) is 4.82. The Labute approximate surface area is 131 Å². The van der Waals surface area contributed by atoms with Gasteiger partial charge in [-0.25, -0.2) is 0 Å². The number of hydrogen-bond acceptors (Lipinski definition) is 3. The predicted molar refractivity (Wildman–Crippen MR) is 87.7 cm³/mol. The molecule has 2 aromatic rings. The number of unbranched alkanes of at least 4 members (excludes halogenated alkanes) is 1. The van der Waals surface area contributed by atoms with Crippen molar-refractivity contribution in [2.75, 3.05) is 0 Å². The molecule has 0 heterocycles. The van der Waals surface area contributed by atoms with Gasteiger partial charge in [0.05, 0.1) is 0 Å². The lowest BCUT2D eigenvalue weighted by Gasteiger charge is -2.01. The van der Waals surface area contributed by atoms with Crippen molar-refractivity contribution in [3.8, 4) is 0 Å². The maximum absolute atomic E-state index is 10.6. The van der Waals surface area contributed by atoms with Gasteiger partial charge in [-0.3, -0.25) is 14.4 Å². The van der Waals surface area contributed by atoms with Crippen molar-refractivity contribution in [2.24, 2.45) is 0 Å². The molecule has 22 heavy (non-hydrogen) atoms. The fourth-order valence-corrected chi connectivity index (χ4v) is 1.90. The average molecular weight is 296 g/mol. The highest BCUT2D eigenvalue weighted by Gasteiger charge is 1.98. The van der Waals surface area contributed by atoms with Crippen LogP contribution in [0, 0.1) is 0 Å². The molecule has 3 heteroatoms. The van der Waals surface area contributed by atoms with E-state index in [1.807, 2.05) is 24.3 Å². The standard InChI is InChI=1S/C11H14O.C8H6O2/c1-2-3-6-10-7-4-5-8-11(10)9-12;9-5-7-1-2-8(6-10)4-3-7/h4-5,7-9H,2-3,6H2,1H3;1-6H. The van der Waals surface area contributed by atoms with E-state index in [2.05, 4.69) is 6.92 Å². The topological polar surface area (TPSA) is 51.2 Å². The smallest absolute Gasteiger partial charge is 0.150 e. The van der Waals surface area contributed by atoms with E-state index < -0.39 is 0 Å². The number of aldehydes is 3. The molecule has 0 fully saturated rings. The summed E-state index contributed by atoms with van der Waals surface area (Å²) in [4.78, 5) is 30.8. The number of carbonyl (C=O) groups is 3. The summed E-state index contributed by atoms with van der Waals surface area (Å²) in [7, 11) is 0. The van der Waals surface area contributed by atoms with E-state index in [0.717, 1.165) is 37.3 Å². The van der Waals surface area contributed by atoms with Crippen LogP contribution < -0.4 is 0 Å². The van der Waals surface area contributed by atoms with Crippen molar-refractivity contribution in [1.29, 1.82) is 0 Å². The average Bonchev–Trinajstić information content (AvgIpc) is 2.60. The van der Waals surface area contributed by atoms with E-state index in [-0.39, 0.29) is 0 Å². The van der Waals surface area contributed by atoms with Crippen LogP contribution in [0.5, 0.6) is 0 Å². The van der Waals surface area contributed by atoms with Crippen LogP contribution in [-0.2, 0) is 6.42 Å². The van der Waals surface area contributed by atoms with Gasteiger partial charge in [-0.05, 0) is 18.4 Å². The molecule has 0 aromatic heterocycles. The van der Waals surface area contributed by atoms with Gasteiger partial charge in [0.1, 0.15) is 18.9 Å². The highest BCUT2D eigenvalue weighted by atomic mass is 16.1. The summed E-state index contributed by atoms with van der Waals surface area (Å²) in [6.07, 6.45) is 5.78. The second kappa shape index (κ2) is 10.2. The molecule has 0 aliphatic heterocycles. The maximum atomic E-state index is 10.6. The summed E-state index contributed by atoms with van der Waals surface area (Å²) in [5.41, 5.74) is 3.19. The second-order valence-corrected chi connectivity index (χ2v) is 4.82. The van der Waals surface area contributed by atoms with Crippen molar-refractivity contribution in [3.05, 3.63) is 70.8 Å². The van der Waals surface area contributed by atoms with E-state index in [9.17, 15) is 14.4 Å². The molecule has 0 bridgehead atoms. The van der Waals surface area contributed by atoms with E-state index >= 15 is 0 Å². The van der Waals surface area contributed by atoms with Gasteiger partial charge in [-0.1, -0.05) is 61.9 Å². The molecule has 0 radical (unpaired) electrons. The first-order valence-corrected chi connectivity index (χ1v) is 7.28. The van der Waals surface area contributed by atoms with Crippen LogP contribution in [0.2, 0.25) is 0 Å². The van der Waals surface area contributed by atoms with E-state index in [0.29, 0.717) is 11.1 Å². The fraction of sp³-hybridized carbons (Fsp3) is 0.211. The molecular formula is C19H20O3. The third-order valence-corrected chi connectivity index (χ3v) is 3.19. The predicted octanol–water partition coefficient (Wildman–Crippen LogP) is 4.15. The van der Waals surface area contributed by atoms with Gasteiger partial charge in [-0.15, -0.1) is 0 Å². The number of aryl methyl sites for hydroxylation is 1. The Morgan fingerprint density at radius 2 is 1.32 bits per heavy atom. The molecule has 2 aromatic carbocycles. The van der Waals surface area contributed by atoms with Crippen molar-refractivity contribution < 1.29 is 14.4 Å². The van der Waals surface area contributed by atoms with E-state index in [1.54, 1.807) is 24.3 Å². The highest BCUT2D eigenvalue weighted by Crippen LogP contribution is 2.09. The van der Waals surface area contributed by atoms with Crippen LogP contribution in [0.25, 0.3) is 0 Å². The SMILES string of the molecule is CCCCc1ccccc1C=O.O=Cc1ccc(C=O)cc1. The van der Waals surface area contributed by atoms with Gasteiger partial charge in [0.25, 0.3) is 0 Å². The minimum absolute atomic E-state index is 0.589. The van der Waals surface area contributed by atoms with Crippen LogP contribution >= 0.6 is 0 Å². The molecule has 0 aliphatic rings. The van der Waals surface area contributed by atoms with E-state index in [4.69, 9.17) is 0 Å². The summed E-state index contributed by atoms with van der Waals surface area (Å²) in [6.45, 7) is 2.16. The van der Waals surface area contributed by atoms with Crippen LogP contribution in [0.3, 0.4) is 0 Å². The molecule has 0 saturated heterocycles. The van der Waals surface area contributed by atoms with Crippen molar-refractivity contribution in [1.82, 2.24) is 0 Å². The minimum Gasteiger partial charge on any atom is -0.298 e. The number of carbonyl (C=O) groups excluding carboxylic acids is 3. The molecule has 0 saturated carbocycles. The first-order valence-electron chi connectivity index (χ1n) is 7.28. The van der Waals surface area contributed by atoms with Gasteiger partial charge in [0.2, 0.25) is 0 Å². The molecular weight excluding hydrogens is 276 g/mol. The zero-order valence-corrected chi connectivity index (χ0v) is 12.7. The highest BCUT2D eigenvalue weighted by molar-refractivity contribution is 5.79. The third kappa shape index (κ3) is 5.83. The Kier molecular flexibility index (Phi) is 8.13. The van der Waals surface area contributed by atoms with Crippen molar-refractivity contribution in [2.45, 2.75) is 26.2 Å². The Balaban J connectivity index is 0.000000224. The molecule has 0 amide bonds. The van der Waals surface area contributed by atoms with Crippen LogP contribution in [0.4, 0.5) is 0 Å². The van der Waals surface area contributed by atoms with Gasteiger partial charge in [-0.2, -0.15) is 0 Å². The van der Waals surface area contributed by atoms with Crippen LogP contribution in [0.1, 0.15) is 56.4 Å². The molecule has 0 unspecified atom stereocenters. The zero-order valence-electron chi connectivity index (χ0n) is 12.7. The monoisotopic (exact) mass is 296 g/mol. The Bertz CT molecular complexity index is 573. The molecule has 0 N–H and O–H groups in total. The summed E-state index contributed by atoms with van der Waals surface area (Å²) in [6, 6.07) is 14.2. The number of rotatable bonds is 6. The molecule has 114 valence electrons. The van der Waals surface area contributed by atoms with Gasteiger partial charge in [0.15, 0.2) is 0 Å². The summed E-state index contributed by atoms with van der Waals surface area (Å²) < 4.78 is 0. The minimum atomic E-state index is 0.589. The third-order valence-electron chi connectivity index (χ3n) is 3.19. The normalized spacial score (nSPS) is 9.32. The largest absolute Gasteiger partial charge is 0.298 e. The lowest BCUT2D eigenvalue weighted by Crippen LogP contribution is -1.91. The first-order chi connectivity index (χ1) is 10.7. The van der Waals surface area contributed by atoms with Crippen molar-refractivity contribution >= 4 is 18.9 Å². The lowest BCUT2D eigenvalue weighted by molar-refractivity contribution is 0.111. The molecule has 0 aliphatic carbocycles. The van der Waals surface area contributed by atoms with Crippen molar-refractivity contribution in [3.63, 3.8) is 0 Å². The molecule has 2 rings (SSSR count). The Morgan fingerprint density at radius 1 is 0.773 bits per heavy atom. The van der Waals surface area contributed by atoms with Gasteiger partial charge < -0.3 is 0 Å². The fourth-order valence-electron chi connectivity index (χ4n) is 1.90. The molecule has 3 nitrogen and oxygen atoms in total. The zero-order chi connectivity index (χ0) is 16.2. The molecule has 0 spiro atoms. The summed E-state index contributed by atoms with van der Waals surface area (Å²) >= 11 is 0. The quantitative estimate of drug-likeness (QED) is 0.752. The number of benzene rings is 2. The summed E-state index contributed by atoms with van der Waals surface area (Å²) in [5.74, 6) is 0. The maximum Gasteiger partial charge on any atom is 0.150 e. The van der Waals surface area contributed by atoms with Crippen LogP contribution in [-0.4, -0.2) is 18.9 Å². The lowest BCUT2D eigenvalue weighted by atomic mass is 10.0. The van der Waals surface area contributed by atoms with Gasteiger partial charge in [0, 0.05) is 16.7 Å². The Morgan fingerprint density at radius 3 is 1.77 bits per heavy atom. The van der Waals surface area contributed by atoms with E-state index in [1.165, 1.54) is 12.0 Å². The number of hydrogen-bond donors (Lipinski definition) is 0. The van der Waals surface area contributed by atoms with Gasteiger partial charge >= 0.3 is 0 Å². The van der Waals surface area contributed by atoms with Crippen LogP contribution in [0.15, 0.2) is 48.5 Å². The first kappa shape index (κ1) is 17.5. The Hall–Kier alpha value is -2.55.